The van der Waals surface area contributed by atoms with Crippen LogP contribution in [0.1, 0.15) is 24.9 Å². The number of rotatable bonds is 6. The minimum Gasteiger partial charge on any atom is -0.394 e. The lowest BCUT2D eigenvalue weighted by molar-refractivity contribution is -0.173. The van der Waals surface area contributed by atoms with E-state index in [9.17, 15) is 33.0 Å². The van der Waals surface area contributed by atoms with E-state index in [1.165, 1.54) is 4.57 Å². The average molecular weight is 420 g/mol. The lowest BCUT2D eigenvalue weighted by Gasteiger charge is -2.17. The second-order valence-corrected chi connectivity index (χ2v) is 6.49. The van der Waals surface area contributed by atoms with E-state index in [2.05, 4.69) is 15.0 Å². The fourth-order valence-corrected chi connectivity index (χ4v) is 3.11. The molecule has 3 atom stereocenters. The molecule has 0 saturated carbocycles. The fraction of sp³-hybridized carbons (Fsp3) is 0.600. The molecule has 29 heavy (non-hydrogen) atoms. The van der Waals surface area contributed by atoms with Crippen molar-refractivity contribution in [1.29, 1.82) is 0 Å². The highest BCUT2D eigenvalue weighted by atomic mass is 19.4. The van der Waals surface area contributed by atoms with E-state index in [1.54, 1.807) is 5.32 Å². The van der Waals surface area contributed by atoms with Crippen molar-refractivity contribution < 1.29 is 32.9 Å². The van der Waals surface area contributed by atoms with Crippen molar-refractivity contribution in [2.75, 3.05) is 18.9 Å². The van der Waals surface area contributed by atoms with E-state index in [1.807, 2.05) is 0 Å². The molecule has 11 nitrogen and oxygen atoms in total. The molecule has 3 rings (SSSR count). The number of imidazole rings is 1. The second-order valence-electron chi connectivity index (χ2n) is 6.49. The van der Waals surface area contributed by atoms with Crippen LogP contribution in [0.4, 0.5) is 19.1 Å². The van der Waals surface area contributed by atoms with Crippen LogP contribution >= 0.6 is 0 Å². The number of carbonyl (C=O) groups excluding carboxylic acids is 1. The molecule has 0 spiro atoms. The predicted octanol–water partition coefficient (Wildman–Crippen LogP) is -1.05. The van der Waals surface area contributed by atoms with Gasteiger partial charge in [-0.05, 0) is 6.42 Å². The summed E-state index contributed by atoms with van der Waals surface area (Å²) in [6.45, 7) is -0.708. The first-order valence-electron chi connectivity index (χ1n) is 8.67. The third kappa shape index (κ3) is 4.33. The van der Waals surface area contributed by atoms with Gasteiger partial charge in [-0.25, -0.2) is 4.98 Å². The summed E-state index contributed by atoms with van der Waals surface area (Å²) in [4.78, 5) is 33.5. The van der Waals surface area contributed by atoms with E-state index in [-0.39, 0.29) is 48.7 Å². The van der Waals surface area contributed by atoms with Crippen molar-refractivity contribution in [2.24, 2.45) is 0 Å². The van der Waals surface area contributed by atoms with Gasteiger partial charge in [-0.3, -0.25) is 19.1 Å². The van der Waals surface area contributed by atoms with Crippen LogP contribution in [0.3, 0.4) is 0 Å². The van der Waals surface area contributed by atoms with Crippen LogP contribution in [0, 0.1) is 0 Å². The molecule has 0 aliphatic carbocycles. The molecule has 0 aromatic carbocycles. The Morgan fingerprint density at radius 3 is 2.76 bits per heavy atom. The molecule has 160 valence electrons. The van der Waals surface area contributed by atoms with Crippen molar-refractivity contribution in [3.05, 3.63) is 16.2 Å². The number of fused-ring (bicyclic) bond motifs is 1. The highest BCUT2D eigenvalue weighted by molar-refractivity contribution is 5.81. The Kier molecular flexibility index (Phi) is 5.77. The minimum atomic E-state index is -4.98. The summed E-state index contributed by atoms with van der Waals surface area (Å²) in [6.07, 6.45) is -7.39. The topological polar surface area (TPSA) is 168 Å². The Morgan fingerprint density at radius 2 is 2.14 bits per heavy atom. The number of nitrogen functional groups attached to an aromatic ring is 1. The van der Waals surface area contributed by atoms with Crippen LogP contribution in [0.5, 0.6) is 0 Å². The quantitative estimate of drug-likeness (QED) is 0.369. The molecule has 2 aromatic rings. The van der Waals surface area contributed by atoms with Crippen molar-refractivity contribution >= 4 is 23.0 Å². The Labute approximate surface area is 160 Å². The van der Waals surface area contributed by atoms with Gasteiger partial charge in [0.25, 0.3) is 5.56 Å². The molecule has 3 heterocycles. The number of amides is 1. The molecule has 1 saturated heterocycles. The summed E-state index contributed by atoms with van der Waals surface area (Å²) in [6, 6.07) is 0. The van der Waals surface area contributed by atoms with Gasteiger partial charge in [0.15, 0.2) is 11.2 Å². The molecule has 6 N–H and O–H groups in total. The van der Waals surface area contributed by atoms with E-state index >= 15 is 0 Å². The number of aryl methyl sites for hydroxylation is 1. The van der Waals surface area contributed by atoms with Crippen LogP contribution < -0.4 is 16.6 Å². The summed E-state index contributed by atoms with van der Waals surface area (Å²) >= 11 is 0. The van der Waals surface area contributed by atoms with Gasteiger partial charge >= 0.3 is 12.1 Å². The molecular weight excluding hydrogens is 401 g/mol. The number of aromatic amines is 1. The first-order chi connectivity index (χ1) is 13.6. The van der Waals surface area contributed by atoms with E-state index in [0.717, 1.165) is 0 Å². The number of alkyl halides is 3. The third-order valence-corrected chi connectivity index (χ3v) is 4.43. The van der Waals surface area contributed by atoms with E-state index in [4.69, 9.17) is 10.5 Å². The highest BCUT2D eigenvalue weighted by Gasteiger charge is 2.38. The van der Waals surface area contributed by atoms with Crippen molar-refractivity contribution in [3.8, 4) is 0 Å². The molecule has 1 aliphatic rings. The van der Waals surface area contributed by atoms with Crippen molar-refractivity contribution in [2.45, 2.75) is 43.9 Å². The van der Waals surface area contributed by atoms with Crippen LogP contribution in [0.2, 0.25) is 0 Å². The number of nitrogens with one attached hydrogen (secondary N) is 2. The zero-order valence-corrected chi connectivity index (χ0v) is 14.9. The fourth-order valence-electron chi connectivity index (χ4n) is 3.11. The highest BCUT2D eigenvalue weighted by Crippen LogP contribution is 2.32. The number of nitrogens with two attached hydrogens (primary N) is 1. The minimum absolute atomic E-state index is 0.0564. The Morgan fingerprint density at radius 1 is 1.41 bits per heavy atom. The zero-order valence-electron chi connectivity index (χ0n) is 14.9. The van der Waals surface area contributed by atoms with Gasteiger partial charge in [0.1, 0.15) is 18.2 Å². The smallest absolute Gasteiger partial charge is 0.394 e. The van der Waals surface area contributed by atoms with Crippen LogP contribution in [0.15, 0.2) is 4.79 Å². The normalized spacial score (nSPS) is 22.3. The maximum Gasteiger partial charge on any atom is 0.471 e. The van der Waals surface area contributed by atoms with Gasteiger partial charge in [-0.15, -0.1) is 0 Å². The molecule has 1 fully saturated rings. The van der Waals surface area contributed by atoms with Crippen molar-refractivity contribution in [1.82, 2.24) is 24.8 Å². The van der Waals surface area contributed by atoms with Gasteiger partial charge in [0.05, 0.1) is 12.7 Å². The zero-order chi connectivity index (χ0) is 21.3. The number of halogens is 3. The van der Waals surface area contributed by atoms with Gasteiger partial charge in [0.2, 0.25) is 5.95 Å². The van der Waals surface area contributed by atoms with E-state index in [0.29, 0.717) is 0 Å². The number of ether oxygens (including phenoxy) is 1. The molecule has 1 aliphatic heterocycles. The van der Waals surface area contributed by atoms with E-state index < -0.39 is 42.7 Å². The molecule has 2 aromatic heterocycles. The van der Waals surface area contributed by atoms with Gasteiger partial charge in [-0.2, -0.15) is 18.2 Å². The Balaban J connectivity index is 1.85. The first-order valence-corrected chi connectivity index (χ1v) is 8.67. The van der Waals surface area contributed by atoms with Crippen LogP contribution in [0.25, 0.3) is 11.2 Å². The lowest BCUT2D eigenvalue weighted by atomic mass is 10.2. The third-order valence-electron chi connectivity index (χ3n) is 4.43. The molecule has 14 heteroatoms. The number of aromatic nitrogens is 4. The Bertz CT molecular complexity index is 958. The van der Waals surface area contributed by atoms with Gasteiger partial charge in [0, 0.05) is 19.4 Å². The standard InChI is InChI=1S/C15H19F3N6O5/c16-15(17,18)13(28)20-3-1-2-8-21-10-11(22-14(19)23-12(10)27)24(8)9-4-6(26)7(5-25)29-9/h6-7,9,25-26H,1-5H2,(H,20,28)(H3,19,22,23,27)/t6-,7+,9+/m0/s1. The molecule has 1 amide bonds. The van der Waals surface area contributed by atoms with Crippen molar-refractivity contribution in [3.63, 3.8) is 0 Å². The molecular formula is C15H19F3N6O5. The number of carbonyl (C=O) groups is 1. The van der Waals surface area contributed by atoms with Crippen LogP contribution in [-0.4, -0.2) is 67.2 Å². The molecule has 0 bridgehead atoms. The summed E-state index contributed by atoms with van der Waals surface area (Å²) in [5.74, 6) is -1.98. The van der Waals surface area contributed by atoms with Gasteiger partial charge < -0.3 is 26.0 Å². The summed E-state index contributed by atoms with van der Waals surface area (Å²) in [7, 11) is 0. The van der Waals surface area contributed by atoms with Crippen LogP contribution in [-0.2, 0) is 16.0 Å². The second kappa shape index (κ2) is 7.96. The molecule has 0 radical (unpaired) electrons. The summed E-state index contributed by atoms with van der Waals surface area (Å²) in [5, 5.41) is 21.0. The first kappa shape index (κ1) is 21.0. The Hall–Kier alpha value is -2.71. The predicted molar refractivity (Wildman–Crippen MR) is 91.6 cm³/mol. The largest absolute Gasteiger partial charge is 0.471 e. The number of aliphatic hydroxyl groups is 2. The number of anilines is 1. The maximum atomic E-state index is 12.2. The van der Waals surface area contributed by atoms with Gasteiger partial charge in [-0.1, -0.05) is 0 Å². The molecule has 0 unspecified atom stereocenters. The number of nitrogens with zero attached hydrogens (tertiary/aromatic N) is 3. The lowest BCUT2D eigenvalue weighted by Crippen LogP contribution is -2.37. The SMILES string of the molecule is Nc1nc2c(nc(CCCNC(=O)C(F)(F)F)n2[C@H]2C[C@H](O)[C@@H](CO)O2)c(=O)[nH]1. The number of hydrogen-bond acceptors (Lipinski definition) is 8. The summed E-state index contributed by atoms with van der Waals surface area (Å²) in [5.41, 5.74) is 4.99. The average Bonchev–Trinajstić information content (AvgIpc) is 3.17. The number of hydrogen-bond donors (Lipinski definition) is 5. The maximum absolute atomic E-state index is 12.2. The number of H-pyrrole nitrogens is 1. The monoisotopic (exact) mass is 420 g/mol. The summed E-state index contributed by atoms with van der Waals surface area (Å²) < 4.78 is 43.8. The number of aliphatic hydroxyl groups excluding tert-OH is 2.